The van der Waals surface area contributed by atoms with Gasteiger partial charge in [-0.3, -0.25) is 4.79 Å². The Morgan fingerprint density at radius 2 is 2.50 bits per heavy atom. The number of aryl methyl sites for hydroxylation is 1. The minimum Gasteiger partial charge on any atom is -0.448 e. The summed E-state index contributed by atoms with van der Waals surface area (Å²) in [4.78, 5) is 19.5. The maximum Gasteiger partial charge on any atom is 0.273 e. The van der Waals surface area contributed by atoms with Crippen LogP contribution in [0.15, 0.2) is 16.2 Å². The van der Waals surface area contributed by atoms with Gasteiger partial charge >= 0.3 is 0 Å². The fourth-order valence-corrected chi connectivity index (χ4v) is 1.74. The number of amides is 1. The zero-order chi connectivity index (χ0) is 11.5. The predicted octanol–water partition coefficient (Wildman–Crippen LogP) is 0.952. The van der Waals surface area contributed by atoms with Crippen molar-refractivity contribution in [1.82, 2.24) is 15.3 Å². The molecule has 0 atom stereocenters. The molecule has 0 fully saturated rings. The first kappa shape index (κ1) is 10.6. The Morgan fingerprint density at radius 1 is 1.69 bits per heavy atom. The van der Waals surface area contributed by atoms with Gasteiger partial charge in [0, 0.05) is 5.38 Å². The molecule has 0 radical (unpaired) electrons. The third kappa shape index (κ3) is 2.19. The number of rotatable bonds is 3. The highest BCUT2D eigenvalue weighted by atomic mass is 32.1. The average molecular weight is 238 g/mol. The molecule has 6 nitrogen and oxygen atoms in total. The van der Waals surface area contributed by atoms with E-state index in [1.54, 1.807) is 12.3 Å². The topological polar surface area (TPSA) is 94.0 Å². The van der Waals surface area contributed by atoms with Gasteiger partial charge in [0.15, 0.2) is 17.2 Å². The molecular formula is C9H10N4O2S. The summed E-state index contributed by atoms with van der Waals surface area (Å²) in [5.74, 6) is 0.216. The number of carbonyl (C=O) groups is 1. The van der Waals surface area contributed by atoms with E-state index in [-0.39, 0.29) is 5.91 Å². The lowest BCUT2D eigenvalue weighted by Gasteiger charge is -2.00. The molecule has 2 aromatic heterocycles. The van der Waals surface area contributed by atoms with Gasteiger partial charge in [0.25, 0.3) is 5.91 Å². The van der Waals surface area contributed by atoms with Crippen molar-refractivity contribution in [1.29, 1.82) is 0 Å². The second-order valence-corrected chi connectivity index (χ2v) is 4.01. The number of nitrogens with zero attached hydrogens (tertiary/aromatic N) is 2. The van der Waals surface area contributed by atoms with Crippen LogP contribution in [0.4, 0.5) is 5.13 Å². The third-order valence-corrected chi connectivity index (χ3v) is 2.68. The Labute approximate surface area is 95.5 Å². The first-order valence-corrected chi connectivity index (χ1v) is 5.43. The molecule has 0 bridgehead atoms. The lowest BCUT2D eigenvalue weighted by atomic mass is 10.3. The predicted molar refractivity (Wildman–Crippen MR) is 58.9 cm³/mol. The maximum absolute atomic E-state index is 11.6. The Bertz CT molecular complexity index is 505. The number of nitrogens with one attached hydrogen (secondary N) is 1. The summed E-state index contributed by atoms with van der Waals surface area (Å²) in [6.45, 7) is 2.02. The summed E-state index contributed by atoms with van der Waals surface area (Å²) in [7, 11) is 0. The highest BCUT2D eigenvalue weighted by Crippen LogP contribution is 2.11. The lowest BCUT2D eigenvalue weighted by molar-refractivity contribution is 0.0944. The molecule has 0 aliphatic carbocycles. The van der Waals surface area contributed by atoms with Crippen LogP contribution in [0.25, 0.3) is 0 Å². The van der Waals surface area contributed by atoms with Gasteiger partial charge in [-0.2, -0.15) is 0 Å². The first-order valence-electron chi connectivity index (χ1n) is 4.55. The standard InChI is InChI=1S/C9H10N4O2S/c1-5-7(12-4-15-5)8(14)11-2-6-3-16-9(10)13-6/h3-4H,2H2,1H3,(H2,10,13)(H,11,14). The average Bonchev–Trinajstić information content (AvgIpc) is 2.84. The summed E-state index contributed by atoms with van der Waals surface area (Å²) >= 11 is 1.34. The lowest BCUT2D eigenvalue weighted by Crippen LogP contribution is -2.23. The molecule has 0 aliphatic heterocycles. The summed E-state index contributed by atoms with van der Waals surface area (Å²) in [6, 6.07) is 0. The van der Waals surface area contributed by atoms with E-state index in [0.717, 1.165) is 5.69 Å². The van der Waals surface area contributed by atoms with Crippen molar-refractivity contribution in [2.45, 2.75) is 13.5 Å². The molecule has 1 amide bonds. The number of thiazole rings is 1. The molecule has 3 N–H and O–H groups in total. The molecule has 7 heteroatoms. The van der Waals surface area contributed by atoms with Gasteiger partial charge in [0.05, 0.1) is 12.2 Å². The number of nitrogen functional groups attached to an aromatic ring is 1. The Kier molecular flexibility index (Phi) is 2.86. The summed E-state index contributed by atoms with van der Waals surface area (Å²) < 4.78 is 4.94. The third-order valence-electron chi connectivity index (χ3n) is 1.96. The van der Waals surface area contributed by atoms with Gasteiger partial charge in [-0.1, -0.05) is 0 Å². The second-order valence-electron chi connectivity index (χ2n) is 3.12. The Morgan fingerprint density at radius 3 is 3.06 bits per heavy atom. The highest BCUT2D eigenvalue weighted by molar-refractivity contribution is 7.13. The van der Waals surface area contributed by atoms with Crippen LogP contribution < -0.4 is 11.1 Å². The zero-order valence-electron chi connectivity index (χ0n) is 8.56. The largest absolute Gasteiger partial charge is 0.448 e. The van der Waals surface area contributed by atoms with Gasteiger partial charge in [0.2, 0.25) is 0 Å². The summed E-state index contributed by atoms with van der Waals surface area (Å²) in [5.41, 5.74) is 6.50. The van der Waals surface area contributed by atoms with Crippen molar-refractivity contribution in [3.05, 3.63) is 28.9 Å². The van der Waals surface area contributed by atoms with E-state index in [4.69, 9.17) is 10.2 Å². The molecule has 0 saturated heterocycles. The van der Waals surface area contributed by atoms with Crippen LogP contribution >= 0.6 is 11.3 Å². The molecule has 0 unspecified atom stereocenters. The molecule has 0 saturated carbocycles. The number of aromatic nitrogens is 2. The van der Waals surface area contributed by atoms with Crippen LogP contribution in [0.3, 0.4) is 0 Å². The fraction of sp³-hybridized carbons (Fsp3) is 0.222. The van der Waals surface area contributed by atoms with E-state index in [1.807, 2.05) is 0 Å². The molecule has 16 heavy (non-hydrogen) atoms. The maximum atomic E-state index is 11.6. The second kappa shape index (κ2) is 4.31. The van der Waals surface area contributed by atoms with E-state index in [2.05, 4.69) is 15.3 Å². The molecule has 2 heterocycles. The SMILES string of the molecule is Cc1ocnc1C(=O)NCc1csc(N)n1. The number of carbonyl (C=O) groups excluding carboxylic acids is 1. The van der Waals surface area contributed by atoms with Gasteiger partial charge < -0.3 is 15.5 Å². The van der Waals surface area contributed by atoms with Crippen molar-refractivity contribution < 1.29 is 9.21 Å². The van der Waals surface area contributed by atoms with E-state index >= 15 is 0 Å². The van der Waals surface area contributed by atoms with Gasteiger partial charge in [-0.05, 0) is 6.92 Å². The monoisotopic (exact) mass is 238 g/mol. The van der Waals surface area contributed by atoms with Crippen LogP contribution in [0.2, 0.25) is 0 Å². The van der Waals surface area contributed by atoms with E-state index in [9.17, 15) is 4.79 Å². The molecule has 2 rings (SSSR count). The van der Waals surface area contributed by atoms with Gasteiger partial charge in [-0.15, -0.1) is 11.3 Å². The molecular weight excluding hydrogens is 228 g/mol. The van der Waals surface area contributed by atoms with Crippen LogP contribution in [-0.2, 0) is 6.54 Å². The molecule has 0 aromatic carbocycles. The van der Waals surface area contributed by atoms with E-state index in [0.29, 0.717) is 23.1 Å². The Balaban J connectivity index is 1.96. The van der Waals surface area contributed by atoms with Crippen LogP contribution in [0.5, 0.6) is 0 Å². The van der Waals surface area contributed by atoms with Crippen LogP contribution in [0.1, 0.15) is 21.9 Å². The van der Waals surface area contributed by atoms with Gasteiger partial charge in [-0.25, -0.2) is 9.97 Å². The van der Waals surface area contributed by atoms with Crippen LogP contribution in [-0.4, -0.2) is 15.9 Å². The first-order chi connectivity index (χ1) is 7.66. The van der Waals surface area contributed by atoms with Crippen LogP contribution in [0, 0.1) is 6.92 Å². The summed E-state index contributed by atoms with van der Waals surface area (Å²) in [6.07, 6.45) is 1.24. The fourth-order valence-electron chi connectivity index (χ4n) is 1.18. The minimum absolute atomic E-state index is 0.280. The van der Waals surface area contributed by atoms with Gasteiger partial charge in [0.1, 0.15) is 5.76 Å². The van der Waals surface area contributed by atoms with Crippen molar-refractivity contribution in [2.75, 3.05) is 5.73 Å². The Hall–Kier alpha value is -1.89. The van der Waals surface area contributed by atoms with Crippen molar-refractivity contribution in [3.8, 4) is 0 Å². The van der Waals surface area contributed by atoms with Crippen molar-refractivity contribution in [2.24, 2.45) is 0 Å². The number of hydrogen-bond acceptors (Lipinski definition) is 6. The van der Waals surface area contributed by atoms with E-state index < -0.39 is 0 Å². The number of hydrogen-bond donors (Lipinski definition) is 2. The van der Waals surface area contributed by atoms with Crippen molar-refractivity contribution in [3.63, 3.8) is 0 Å². The number of anilines is 1. The normalized spacial score (nSPS) is 10.3. The molecule has 0 aliphatic rings. The smallest absolute Gasteiger partial charge is 0.273 e. The summed E-state index contributed by atoms with van der Waals surface area (Å²) in [5, 5.41) is 4.97. The zero-order valence-corrected chi connectivity index (χ0v) is 9.37. The minimum atomic E-state index is -0.280. The molecule has 2 aromatic rings. The number of oxazole rings is 1. The van der Waals surface area contributed by atoms with Crippen molar-refractivity contribution >= 4 is 22.4 Å². The molecule has 0 spiro atoms. The van der Waals surface area contributed by atoms with E-state index in [1.165, 1.54) is 17.7 Å². The quantitative estimate of drug-likeness (QED) is 0.830. The molecule has 84 valence electrons. The highest BCUT2D eigenvalue weighted by Gasteiger charge is 2.13. The number of nitrogens with two attached hydrogens (primary N) is 1.